The van der Waals surface area contributed by atoms with Crippen LogP contribution in [-0.4, -0.2) is 44.2 Å². The first-order valence-corrected chi connectivity index (χ1v) is 5.13. The third-order valence-corrected chi connectivity index (χ3v) is 1.62. The molecule has 15 heavy (non-hydrogen) atoms. The van der Waals surface area contributed by atoms with Crippen LogP contribution in [-0.2, 0) is 14.2 Å². The summed E-state index contributed by atoms with van der Waals surface area (Å²) in [5.41, 5.74) is -0.452. The van der Waals surface area contributed by atoms with Crippen molar-refractivity contribution in [3.8, 4) is 0 Å². The molecule has 0 bridgehead atoms. The molecule has 5 nitrogen and oxygen atoms in total. The third kappa shape index (κ3) is 7.16. The Morgan fingerprint density at radius 1 is 1.53 bits per heavy atom. The van der Waals surface area contributed by atoms with Crippen LogP contribution >= 0.6 is 0 Å². The van der Waals surface area contributed by atoms with E-state index >= 15 is 0 Å². The van der Waals surface area contributed by atoms with Crippen molar-refractivity contribution in [2.75, 3.05) is 26.4 Å². The predicted octanol–water partition coefficient (Wildman–Crippen LogP) is 0.926. The minimum atomic E-state index is -0.452. The second-order valence-electron chi connectivity index (χ2n) is 4.46. The second kappa shape index (κ2) is 5.32. The Balaban J connectivity index is 1.91. The molecule has 5 heteroatoms. The standard InChI is InChI=1S/C10H19NO4/c1-10(2,3)15-9(12)11-4-5-13-6-8-7-14-8/h8H,4-7H2,1-3H3,(H,11,12). The molecular weight excluding hydrogens is 198 g/mol. The van der Waals surface area contributed by atoms with E-state index in [2.05, 4.69) is 5.32 Å². The molecule has 1 aliphatic rings. The number of carbonyl (C=O) groups excluding carboxylic acids is 1. The van der Waals surface area contributed by atoms with Gasteiger partial charge in [-0.3, -0.25) is 0 Å². The fraction of sp³-hybridized carbons (Fsp3) is 0.900. The van der Waals surface area contributed by atoms with E-state index < -0.39 is 11.7 Å². The number of hydrogen-bond donors (Lipinski definition) is 1. The Kier molecular flexibility index (Phi) is 4.35. The molecule has 1 unspecified atom stereocenters. The van der Waals surface area contributed by atoms with E-state index in [0.29, 0.717) is 19.8 Å². The van der Waals surface area contributed by atoms with Gasteiger partial charge in [0.25, 0.3) is 0 Å². The van der Waals surface area contributed by atoms with Crippen molar-refractivity contribution in [1.29, 1.82) is 0 Å². The highest BCUT2D eigenvalue weighted by Crippen LogP contribution is 2.08. The van der Waals surface area contributed by atoms with Crippen molar-refractivity contribution in [1.82, 2.24) is 5.32 Å². The third-order valence-electron chi connectivity index (χ3n) is 1.62. The van der Waals surface area contributed by atoms with E-state index in [0.717, 1.165) is 6.61 Å². The molecule has 1 N–H and O–H groups in total. The minimum Gasteiger partial charge on any atom is -0.444 e. The molecule has 1 rings (SSSR count). The molecule has 1 amide bonds. The number of rotatable bonds is 5. The summed E-state index contributed by atoms with van der Waals surface area (Å²) < 4.78 is 15.3. The maximum atomic E-state index is 11.2. The van der Waals surface area contributed by atoms with Gasteiger partial charge in [0.1, 0.15) is 11.7 Å². The van der Waals surface area contributed by atoms with E-state index in [-0.39, 0.29) is 6.10 Å². The maximum Gasteiger partial charge on any atom is 0.407 e. The summed E-state index contributed by atoms with van der Waals surface area (Å²) in [6.07, 6.45) is -0.139. The van der Waals surface area contributed by atoms with Crippen LogP contribution in [0.1, 0.15) is 20.8 Å². The Hall–Kier alpha value is -0.810. The molecule has 0 aromatic heterocycles. The number of nitrogens with one attached hydrogen (secondary N) is 1. The first-order valence-electron chi connectivity index (χ1n) is 5.13. The normalized spacial score (nSPS) is 19.8. The van der Waals surface area contributed by atoms with Crippen molar-refractivity contribution >= 4 is 6.09 Å². The molecule has 88 valence electrons. The van der Waals surface area contributed by atoms with Gasteiger partial charge in [0.15, 0.2) is 0 Å². The summed E-state index contributed by atoms with van der Waals surface area (Å²) in [5, 5.41) is 2.61. The number of hydrogen-bond acceptors (Lipinski definition) is 4. The minimum absolute atomic E-state index is 0.270. The fourth-order valence-electron chi connectivity index (χ4n) is 0.918. The van der Waals surface area contributed by atoms with Gasteiger partial charge in [0.2, 0.25) is 0 Å². The van der Waals surface area contributed by atoms with Gasteiger partial charge in [-0.2, -0.15) is 0 Å². The number of alkyl carbamates (subject to hydrolysis) is 1. The summed E-state index contributed by atoms with van der Waals surface area (Å²) in [6, 6.07) is 0. The van der Waals surface area contributed by atoms with E-state index in [1.165, 1.54) is 0 Å². The molecule has 0 saturated carbocycles. The van der Waals surface area contributed by atoms with Crippen molar-refractivity contribution in [2.45, 2.75) is 32.5 Å². The van der Waals surface area contributed by atoms with Gasteiger partial charge in [-0.25, -0.2) is 4.79 Å². The molecule has 0 aliphatic carbocycles. The first-order chi connectivity index (χ1) is 6.97. The second-order valence-corrected chi connectivity index (χ2v) is 4.46. The molecule has 0 aromatic carbocycles. The molecule has 0 spiro atoms. The quantitative estimate of drug-likeness (QED) is 0.549. The zero-order valence-electron chi connectivity index (χ0n) is 9.54. The van der Waals surface area contributed by atoms with E-state index in [4.69, 9.17) is 14.2 Å². The average molecular weight is 217 g/mol. The smallest absolute Gasteiger partial charge is 0.407 e. The Morgan fingerprint density at radius 3 is 2.73 bits per heavy atom. The van der Waals surface area contributed by atoms with Crippen LogP contribution in [0.4, 0.5) is 4.79 Å². The van der Waals surface area contributed by atoms with Crippen molar-refractivity contribution in [3.63, 3.8) is 0 Å². The summed E-state index contributed by atoms with van der Waals surface area (Å²) >= 11 is 0. The van der Waals surface area contributed by atoms with E-state index in [9.17, 15) is 4.79 Å². The van der Waals surface area contributed by atoms with Crippen LogP contribution in [0.5, 0.6) is 0 Å². The number of carbonyl (C=O) groups is 1. The van der Waals surface area contributed by atoms with Gasteiger partial charge in [-0.05, 0) is 20.8 Å². The van der Waals surface area contributed by atoms with Crippen LogP contribution in [0.3, 0.4) is 0 Å². The highest BCUT2D eigenvalue weighted by Gasteiger charge is 2.22. The van der Waals surface area contributed by atoms with Crippen LogP contribution < -0.4 is 5.32 Å². The summed E-state index contributed by atoms with van der Waals surface area (Å²) in [5.74, 6) is 0. The summed E-state index contributed by atoms with van der Waals surface area (Å²) in [4.78, 5) is 11.2. The van der Waals surface area contributed by atoms with Crippen LogP contribution in [0.2, 0.25) is 0 Å². The highest BCUT2D eigenvalue weighted by molar-refractivity contribution is 5.67. The molecule has 1 heterocycles. The van der Waals surface area contributed by atoms with Crippen molar-refractivity contribution in [2.24, 2.45) is 0 Å². The van der Waals surface area contributed by atoms with Gasteiger partial charge in [-0.15, -0.1) is 0 Å². The van der Waals surface area contributed by atoms with Crippen LogP contribution in [0, 0.1) is 0 Å². The first kappa shape index (κ1) is 12.3. The Morgan fingerprint density at radius 2 is 2.20 bits per heavy atom. The molecule has 1 fully saturated rings. The van der Waals surface area contributed by atoms with E-state index in [1.54, 1.807) is 0 Å². The summed E-state index contributed by atoms with van der Waals surface area (Å²) in [7, 11) is 0. The number of ether oxygens (including phenoxy) is 3. The molecular formula is C10H19NO4. The Labute approximate surface area is 90.1 Å². The predicted molar refractivity (Wildman–Crippen MR) is 54.8 cm³/mol. The van der Waals surface area contributed by atoms with Gasteiger partial charge < -0.3 is 19.5 Å². The molecule has 1 aliphatic heterocycles. The molecule has 0 aromatic rings. The monoisotopic (exact) mass is 217 g/mol. The lowest BCUT2D eigenvalue weighted by Crippen LogP contribution is -2.34. The van der Waals surface area contributed by atoms with Crippen molar-refractivity contribution in [3.05, 3.63) is 0 Å². The van der Waals surface area contributed by atoms with Crippen LogP contribution in [0.25, 0.3) is 0 Å². The SMILES string of the molecule is CC(C)(C)OC(=O)NCCOCC1CO1. The molecule has 0 radical (unpaired) electrons. The summed E-state index contributed by atoms with van der Waals surface area (Å²) in [6.45, 7) is 7.82. The zero-order valence-corrected chi connectivity index (χ0v) is 9.54. The number of amides is 1. The van der Waals surface area contributed by atoms with Crippen molar-refractivity contribution < 1.29 is 19.0 Å². The van der Waals surface area contributed by atoms with E-state index in [1.807, 2.05) is 20.8 Å². The van der Waals surface area contributed by atoms with Gasteiger partial charge >= 0.3 is 6.09 Å². The largest absolute Gasteiger partial charge is 0.444 e. The number of epoxide rings is 1. The molecule has 1 atom stereocenters. The lowest BCUT2D eigenvalue weighted by molar-refractivity contribution is 0.0495. The highest BCUT2D eigenvalue weighted by atomic mass is 16.6. The van der Waals surface area contributed by atoms with Gasteiger partial charge in [-0.1, -0.05) is 0 Å². The maximum absolute atomic E-state index is 11.2. The lowest BCUT2D eigenvalue weighted by atomic mass is 10.2. The Bertz CT molecular complexity index is 208. The average Bonchev–Trinajstić information content (AvgIpc) is 2.83. The fourth-order valence-corrected chi connectivity index (χ4v) is 0.918. The molecule has 1 saturated heterocycles. The van der Waals surface area contributed by atoms with Gasteiger partial charge in [0.05, 0.1) is 19.8 Å². The van der Waals surface area contributed by atoms with Crippen LogP contribution in [0.15, 0.2) is 0 Å². The van der Waals surface area contributed by atoms with Gasteiger partial charge in [0, 0.05) is 6.54 Å². The lowest BCUT2D eigenvalue weighted by Gasteiger charge is -2.19. The topological polar surface area (TPSA) is 60.1 Å². The zero-order chi connectivity index (χ0) is 11.3.